The molecule has 0 radical (unpaired) electrons. The van der Waals surface area contributed by atoms with Crippen molar-refractivity contribution < 1.29 is 24.2 Å². The zero-order chi connectivity index (χ0) is 17.7. The molecule has 1 heterocycles. The molecule has 0 aromatic heterocycles. The van der Waals surface area contributed by atoms with Crippen molar-refractivity contribution in [1.82, 2.24) is 10.2 Å². The number of nitrogens with two attached hydrogens (primary N) is 1. The van der Waals surface area contributed by atoms with E-state index in [0.717, 1.165) is 5.56 Å². The second-order valence-corrected chi connectivity index (χ2v) is 6.16. The quantitative estimate of drug-likeness (QED) is 0.584. The first kappa shape index (κ1) is 18.2. The topological polar surface area (TPSA) is 116 Å². The number of hydrogen-bond acceptors (Lipinski definition) is 4. The number of hydrogen-bond donors (Lipinski definition) is 4. The largest absolute Gasteiger partial charge is 0.396 e. The molecule has 2 atom stereocenters. The van der Waals surface area contributed by atoms with Gasteiger partial charge < -0.3 is 26.2 Å². The number of carbonyl (C=O) groups is 2. The van der Waals surface area contributed by atoms with E-state index in [1.54, 1.807) is 12.1 Å². The average molecular weight is 339 g/mol. The van der Waals surface area contributed by atoms with Crippen LogP contribution in [0.15, 0.2) is 24.3 Å². The number of likely N-dealkylation sites (tertiary alicyclic amines) is 1. The number of rotatable bonds is 5. The van der Waals surface area contributed by atoms with E-state index in [1.807, 2.05) is 0 Å². The number of carbonyl (C=O) groups excluding carboxylic acids is 2. The number of nitrogens with one attached hydrogen (secondary N) is 1. The molecule has 7 nitrogen and oxygen atoms in total. The van der Waals surface area contributed by atoms with E-state index in [1.165, 1.54) is 17.0 Å². The molecule has 132 valence electrons. The van der Waals surface area contributed by atoms with Crippen molar-refractivity contribution in [3.05, 3.63) is 35.6 Å². The van der Waals surface area contributed by atoms with Crippen molar-refractivity contribution in [3.63, 3.8) is 0 Å². The Morgan fingerprint density at radius 2 is 2.04 bits per heavy atom. The minimum absolute atomic E-state index is 0.140. The van der Waals surface area contributed by atoms with Gasteiger partial charge in [-0.25, -0.2) is 9.18 Å². The van der Waals surface area contributed by atoms with Crippen molar-refractivity contribution in [1.29, 1.82) is 0 Å². The molecule has 1 fully saturated rings. The van der Waals surface area contributed by atoms with Crippen LogP contribution in [0, 0.1) is 11.2 Å². The lowest BCUT2D eigenvalue weighted by atomic mass is 9.73. The molecule has 8 heteroatoms. The summed E-state index contributed by atoms with van der Waals surface area (Å²) in [6.07, 6.45) is -0.178. The van der Waals surface area contributed by atoms with E-state index in [0.29, 0.717) is 19.4 Å². The van der Waals surface area contributed by atoms with Crippen LogP contribution in [0.5, 0.6) is 0 Å². The Kier molecular flexibility index (Phi) is 5.74. The highest BCUT2D eigenvalue weighted by molar-refractivity contribution is 5.83. The number of piperidine rings is 1. The Labute approximate surface area is 139 Å². The number of primary amides is 1. The van der Waals surface area contributed by atoms with E-state index in [-0.39, 0.29) is 31.4 Å². The van der Waals surface area contributed by atoms with Crippen molar-refractivity contribution in [2.24, 2.45) is 11.1 Å². The smallest absolute Gasteiger partial charge is 0.312 e. The zero-order valence-electron chi connectivity index (χ0n) is 13.2. The van der Waals surface area contributed by atoms with Crippen LogP contribution in [-0.4, -0.2) is 59.4 Å². The summed E-state index contributed by atoms with van der Waals surface area (Å²) in [6, 6.07) is 5.02. The van der Waals surface area contributed by atoms with Gasteiger partial charge in [0, 0.05) is 18.5 Å². The Hall–Kier alpha value is -2.19. The Balaban J connectivity index is 2.12. The van der Waals surface area contributed by atoms with Gasteiger partial charge in [0.15, 0.2) is 0 Å². The molecule has 1 aromatic rings. The van der Waals surface area contributed by atoms with Gasteiger partial charge in [-0.15, -0.1) is 0 Å². The summed E-state index contributed by atoms with van der Waals surface area (Å²) in [5, 5.41) is 22.5. The third-order valence-corrected chi connectivity index (χ3v) is 4.44. The molecule has 2 rings (SSSR count). The maximum absolute atomic E-state index is 13.0. The first-order chi connectivity index (χ1) is 11.4. The fraction of sp³-hybridized carbons (Fsp3) is 0.500. The lowest BCUT2D eigenvalue weighted by molar-refractivity contribution is -0.140. The van der Waals surface area contributed by atoms with Crippen LogP contribution in [-0.2, 0) is 11.2 Å². The fourth-order valence-electron chi connectivity index (χ4n) is 3.03. The van der Waals surface area contributed by atoms with Gasteiger partial charge in [0.05, 0.1) is 19.3 Å². The van der Waals surface area contributed by atoms with Crippen LogP contribution < -0.4 is 11.1 Å². The Morgan fingerprint density at radius 3 is 2.62 bits per heavy atom. The van der Waals surface area contributed by atoms with E-state index in [2.05, 4.69) is 5.32 Å². The molecule has 0 spiro atoms. The predicted octanol–water partition coefficient (Wildman–Crippen LogP) is -0.392. The second kappa shape index (κ2) is 7.59. The summed E-state index contributed by atoms with van der Waals surface area (Å²) in [5.41, 5.74) is 4.78. The van der Waals surface area contributed by atoms with E-state index in [9.17, 15) is 24.2 Å². The van der Waals surface area contributed by atoms with Crippen molar-refractivity contribution in [3.8, 4) is 0 Å². The molecule has 3 amide bonds. The van der Waals surface area contributed by atoms with Crippen molar-refractivity contribution in [2.45, 2.75) is 18.9 Å². The fourth-order valence-corrected chi connectivity index (χ4v) is 3.03. The van der Waals surface area contributed by atoms with Crippen LogP contribution in [0.1, 0.15) is 12.0 Å². The third kappa shape index (κ3) is 4.21. The average Bonchev–Trinajstić information content (AvgIpc) is 2.56. The van der Waals surface area contributed by atoms with Crippen LogP contribution in [0.3, 0.4) is 0 Å². The number of nitrogens with zero attached hydrogens (tertiary/aromatic N) is 1. The molecule has 0 saturated carbocycles. The second-order valence-electron chi connectivity index (χ2n) is 6.16. The molecule has 1 aromatic carbocycles. The van der Waals surface area contributed by atoms with Gasteiger partial charge in [-0.3, -0.25) is 4.79 Å². The van der Waals surface area contributed by atoms with Crippen LogP contribution >= 0.6 is 0 Å². The first-order valence-corrected chi connectivity index (χ1v) is 7.71. The Morgan fingerprint density at radius 1 is 1.38 bits per heavy atom. The summed E-state index contributed by atoms with van der Waals surface area (Å²) in [5.74, 6) is -0.701. The van der Waals surface area contributed by atoms with Gasteiger partial charge in [0.25, 0.3) is 0 Å². The van der Waals surface area contributed by atoms with E-state index in [4.69, 9.17) is 5.73 Å². The number of aliphatic hydroxyl groups excluding tert-OH is 2. The minimum atomic E-state index is -0.932. The number of amides is 3. The van der Waals surface area contributed by atoms with Gasteiger partial charge in [-0.05, 0) is 30.5 Å². The zero-order valence-corrected chi connectivity index (χ0v) is 13.2. The van der Waals surface area contributed by atoms with E-state index >= 15 is 0 Å². The number of benzene rings is 1. The van der Waals surface area contributed by atoms with Gasteiger partial charge in [-0.1, -0.05) is 12.1 Å². The molecule has 24 heavy (non-hydrogen) atoms. The molecule has 5 N–H and O–H groups in total. The molecule has 0 unspecified atom stereocenters. The lowest BCUT2D eigenvalue weighted by Crippen LogP contribution is -2.57. The van der Waals surface area contributed by atoms with Crippen LogP contribution in [0.2, 0.25) is 0 Å². The highest BCUT2D eigenvalue weighted by Crippen LogP contribution is 2.34. The minimum Gasteiger partial charge on any atom is -0.396 e. The standard InChI is InChI=1S/C16H22FN3O4/c17-12-3-1-11(2-4-12)7-16(10-21)9-20(6-5-13(16)22)14(23)8-19-15(18)24/h1-4,13,21-22H,5-10H2,(H3,18,19,24)/t13-,16-/m0/s1. The first-order valence-electron chi connectivity index (χ1n) is 7.71. The summed E-state index contributed by atoms with van der Waals surface area (Å²) < 4.78 is 13.0. The monoisotopic (exact) mass is 339 g/mol. The number of halogens is 1. The molecule has 1 aliphatic heterocycles. The maximum Gasteiger partial charge on any atom is 0.312 e. The SMILES string of the molecule is NC(=O)NCC(=O)N1CC[C@H](O)[C@@](CO)(Cc2ccc(F)cc2)C1. The van der Waals surface area contributed by atoms with Gasteiger partial charge in [0.1, 0.15) is 5.82 Å². The molecule has 1 aliphatic rings. The normalized spacial score (nSPS) is 23.8. The molecule has 0 bridgehead atoms. The van der Waals surface area contributed by atoms with Crippen molar-refractivity contribution in [2.75, 3.05) is 26.2 Å². The summed E-state index contributed by atoms with van der Waals surface area (Å²) >= 11 is 0. The molecular formula is C16H22FN3O4. The van der Waals surface area contributed by atoms with Crippen LogP contribution in [0.4, 0.5) is 9.18 Å². The predicted molar refractivity (Wildman–Crippen MR) is 84.4 cm³/mol. The van der Waals surface area contributed by atoms with Crippen molar-refractivity contribution >= 4 is 11.9 Å². The lowest BCUT2D eigenvalue weighted by Gasteiger charge is -2.45. The molecule has 1 saturated heterocycles. The third-order valence-electron chi connectivity index (χ3n) is 4.44. The van der Waals surface area contributed by atoms with Gasteiger partial charge in [-0.2, -0.15) is 0 Å². The Bertz CT molecular complexity index is 595. The van der Waals surface area contributed by atoms with E-state index < -0.39 is 17.6 Å². The number of urea groups is 1. The van der Waals surface area contributed by atoms with Gasteiger partial charge in [0.2, 0.25) is 5.91 Å². The highest BCUT2D eigenvalue weighted by Gasteiger charge is 2.43. The molecular weight excluding hydrogens is 317 g/mol. The van der Waals surface area contributed by atoms with Gasteiger partial charge >= 0.3 is 6.03 Å². The maximum atomic E-state index is 13.0. The van der Waals surface area contributed by atoms with Crippen LogP contribution in [0.25, 0.3) is 0 Å². The summed E-state index contributed by atoms with van der Waals surface area (Å²) in [7, 11) is 0. The number of aliphatic hydroxyl groups is 2. The molecule has 0 aliphatic carbocycles. The highest BCUT2D eigenvalue weighted by atomic mass is 19.1. The summed E-state index contributed by atoms with van der Waals surface area (Å²) in [4.78, 5) is 24.4. The summed E-state index contributed by atoms with van der Waals surface area (Å²) in [6.45, 7) is -0.0883.